The number of nitrogens with two attached hydrogens (primary N) is 1. The molecule has 2 aromatic carbocycles. The zero-order chi connectivity index (χ0) is 15.8. The van der Waals surface area contributed by atoms with Crippen LogP contribution in [0.2, 0.25) is 5.02 Å². The molecule has 7 heteroatoms. The van der Waals surface area contributed by atoms with Crippen LogP contribution in [0.15, 0.2) is 35.2 Å². The van der Waals surface area contributed by atoms with Gasteiger partial charge in [0, 0.05) is 5.69 Å². The van der Waals surface area contributed by atoms with E-state index in [2.05, 4.69) is 4.72 Å². The summed E-state index contributed by atoms with van der Waals surface area (Å²) in [5, 5.41) is -0.0182. The maximum atomic E-state index is 13.7. The van der Waals surface area contributed by atoms with Gasteiger partial charge < -0.3 is 5.73 Å². The molecule has 0 saturated carbocycles. The molecule has 4 nitrogen and oxygen atoms in total. The van der Waals surface area contributed by atoms with Gasteiger partial charge >= 0.3 is 0 Å². The highest BCUT2D eigenvalue weighted by molar-refractivity contribution is 7.92. The summed E-state index contributed by atoms with van der Waals surface area (Å²) in [6, 6.07) is 6.72. The molecule has 0 amide bonds. The Morgan fingerprint density at radius 1 is 1.24 bits per heavy atom. The number of aryl methyl sites for hydroxylation is 1. The molecule has 112 valence electrons. The van der Waals surface area contributed by atoms with E-state index in [1.807, 2.05) is 0 Å². The van der Waals surface area contributed by atoms with Crippen LogP contribution in [-0.2, 0) is 10.0 Å². The molecule has 3 N–H and O–H groups in total. The smallest absolute Gasteiger partial charge is 0.262 e. The molecule has 0 unspecified atom stereocenters. The van der Waals surface area contributed by atoms with E-state index in [0.717, 1.165) is 17.2 Å². The molecule has 0 bridgehead atoms. The Kier molecular flexibility index (Phi) is 4.11. The van der Waals surface area contributed by atoms with E-state index in [1.165, 1.54) is 24.3 Å². The van der Waals surface area contributed by atoms with Crippen molar-refractivity contribution in [2.24, 2.45) is 0 Å². The van der Waals surface area contributed by atoms with E-state index < -0.39 is 15.8 Å². The lowest BCUT2D eigenvalue weighted by atomic mass is 10.1. The largest absolute Gasteiger partial charge is 0.398 e. The summed E-state index contributed by atoms with van der Waals surface area (Å²) in [5.41, 5.74) is 7.39. The number of para-hydroxylation sites is 1. The van der Waals surface area contributed by atoms with Crippen molar-refractivity contribution in [2.45, 2.75) is 18.7 Å². The number of benzene rings is 2. The minimum Gasteiger partial charge on any atom is -0.398 e. The van der Waals surface area contributed by atoms with Crippen molar-refractivity contribution >= 4 is 33.0 Å². The quantitative estimate of drug-likeness (QED) is 0.847. The van der Waals surface area contributed by atoms with E-state index >= 15 is 0 Å². The first-order valence-electron chi connectivity index (χ1n) is 6.06. The molecule has 2 rings (SSSR count). The molecule has 0 aliphatic carbocycles. The predicted molar refractivity (Wildman–Crippen MR) is 82.5 cm³/mol. The normalized spacial score (nSPS) is 11.4. The Hall–Kier alpha value is -1.79. The molecular weight excluding hydrogens is 315 g/mol. The van der Waals surface area contributed by atoms with Crippen LogP contribution < -0.4 is 10.5 Å². The molecule has 0 saturated heterocycles. The van der Waals surface area contributed by atoms with Gasteiger partial charge in [0.05, 0.1) is 9.92 Å². The van der Waals surface area contributed by atoms with Crippen molar-refractivity contribution < 1.29 is 12.8 Å². The zero-order valence-corrected chi connectivity index (χ0v) is 13.0. The zero-order valence-electron chi connectivity index (χ0n) is 11.4. The van der Waals surface area contributed by atoms with Gasteiger partial charge in [-0.3, -0.25) is 4.72 Å². The first-order valence-corrected chi connectivity index (χ1v) is 7.92. The molecule has 0 heterocycles. The molecular formula is C14H14ClFN2O2S. The molecule has 2 aromatic rings. The number of sulfonamides is 1. The fraction of sp³-hybridized carbons (Fsp3) is 0.143. The molecule has 0 fully saturated rings. The second kappa shape index (κ2) is 5.54. The number of nitrogens with one attached hydrogen (secondary N) is 1. The summed E-state index contributed by atoms with van der Waals surface area (Å²) < 4.78 is 40.5. The molecule has 0 radical (unpaired) electrons. The van der Waals surface area contributed by atoms with Gasteiger partial charge in [-0.15, -0.1) is 0 Å². The van der Waals surface area contributed by atoms with E-state index in [-0.39, 0.29) is 15.6 Å². The van der Waals surface area contributed by atoms with Crippen LogP contribution in [0.3, 0.4) is 0 Å². The highest BCUT2D eigenvalue weighted by Crippen LogP contribution is 2.28. The van der Waals surface area contributed by atoms with Gasteiger partial charge in [0.2, 0.25) is 0 Å². The van der Waals surface area contributed by atoms with E-state index in [1.54, 1.807) is 13.8 Å². The third-order valence-electron chi connectivity index (χ3n) is 3.19. The monoisotopic (exact) mass is 328 g/mol. The number of hydrogen-bond donors (Lipinski definition) is 2. The Bertz CT molecular complexity index is 763. The summed E-state index contributed by atoms with van der Waals surface area (Å²) >= 11 is 5.82. The summed E-state index contributed by atoms with van der Waals surface area (Å²) in [7, 11) is -3.97. The van der Waals surface area contributed by atoms with Gasteiger partial charge in [-0.2, -0.15) is 0 Å². The topological polar surface area (TPSA) is 72.2 Å². The lowest BCUT2D eigenvalue weighted by Crippen LogP contribution is -2.15. The number of anilines is 2. The van der Waals surface area contributed by atoms with Crippen LogP contribution in [0.4, 0.5) is 15.8 Å². The average Bonchev–Trinajstić information content (AvgIpc) is 2.40. The van der Waals surface area contributed by atoms with E-state index in [0.29, 0.717) is 5.69 Å². The standard InChI is InChI=1S/C14H14ClFN2O2S/c1-8-6-10(7-13(17)9(8)2)21(19,20)18-14-11(15)4-3-5-12(14)16/h3-7,18H,17H2,1-2H3. The number of halogens is 2. The van der Waals surface area contributed by atoms with Crippen LogP contribution in [0.5, 0.6) is 0 Å². The Morgan fingerprint density at radius 3 is 2.48 bits per heavy atom. The highest BCUT2D eigenvalue weighted by atomic mass is 35.5. The molecule has 0 spiro atoms. The Labute approximate surface area is 127 Å². The van der Waals surface area contributed by atoms with Crippen molar-refractivity contribution in [3.63, 3.8) is 0 Å². The van der Waals surface area contributed by atoms with Crippen LogP contribution >= 0.6 is 11.6 Å². The van der Waals surface area contributed by atoms with Gasteiger partial charge in [0.15, 0.2) is 0 Å². The number of nitrogen functional groups attached to an aromatic ring is 1. The Balaban J connectivity index is 2.49. The highest BCUT2D eigenvalue weighted by Gasteiger charge is 2.19. The maximum Gasteiger partial charge on any atom is 0.262 e. The van der Waals surface area contributed by atoms with E-state index in [9.17, 15) is 12.8 Å². The van der Waals surface area contributed by atoms with Gasteiger partial charge in [0.25, 0.3) is 10.0 Å². The third-order valence-corrected chi connectivity index (χ3v) is 4.83. The van der Waals surface area contributed by atoms with Crippen LogP contribution in [0, 0.1) is 19.7 Å². The lowest BCUT2D eigenvalue weighted by molar-refractivity contribution is 0.598. The second-order valence-corrected chi connectivity index (χ2v) is 6.75. The summed E-state index contributed by atoms with van der Waals surface area (Å²) in [4.78, 5) is -0.0394. The maximum absolute atomic E-state index is 13.7. The first-order chi connectivity index (χ1) is 9.72. The predicted octanol–water partition coefficient (Wildman–Crippen LogP) is 3.48. The summed E-state index contributed by atoms with van der Waals surface area (Å²) in [5.74, 6) is -0.747. The van der Waals surface area contributed by atoms with Gasteiger partial charge in [0.1, 0.15) is 11.5 Å². The van der Waals surface area contributed by atoms with Gasteiger partial charge in [-0.1, -0.05) is 17.7 Å². The second-order valence-electron chi connectivity index (χ2n) is 4.66. The molecule has 0 aromatic heterocycles. The first kappa shape index (κ1) is 15.6. The molecule has 21 heavy (non-hydrogen) atoms. The van der Waals surface area contributed by atoms with Crippen LogP contribution in [-0.4, -0.2) is 8.42 Å². The van der Waals surface area contributed by atoms with Gasteiger partial charge in [-0.05, 0) is 49.2 Å². The lowest BCUT2D eigenvalue weighted by Gasteiger charge is -2.13. The molecule has 0 aliphatic heterocycles. The van der Waals surface area contributed by atoms with Crippen LogP contribution in [0.25, 0.3) is 0 Å². The fourth-order valence-electron chi connectivity index (χ4n) is 1.80. The van der Waals surface area contributed by atoms with Crippen molar-refractivity contribution in [3.8, 4) is 0 Å². The van der Waals surface area contributed by atoms with Crippen molar-refractivity contribution in [1.29, 1.82) is 0 Å². The minimum atomic E-state index is -3.97. The van der Waals surface area contributed by atoms with Crippen molar-refractivity contribution in [3.05, 3.63) is 52.3 Å². The van der Waals surface area contributed by atoms with Crippen molar-refractivity contribution in [1.82, 2.24) is 0 Å². The number of rotatable bonds is 3. The number of hydrogen-bond acceptors (Lipinski definition) is 3. The SMILES string of the molecule is Cc1cc(S(=O)(=O)Nc2c(F)cccc2Cl)cc(N)c1C. The van der Waals surface area contributed by atoms with Crippen LogP contribution in [0.1, 0.15) is 11.1 Å². The third kappa shape index (κ3) is 3.11. The van der Waals surface area contributed by atoms with Gasteiger partial charge in [-0.25, -0.2) is 12.8 Å². The minimum absolute atomic E-state index is 0.0182. The molecule has 0 aliphatic rings. The molecule has 0 atom stereocenters. The summed E-state index contributed by atoms with van der Waals surface area (Å²) in [6.07, 6.45) is 0. The summed E-state index contributed by atoms with van der Waals surface area (Å²) in [6.45, 7) is 3.54. The van der Waals surface area contributed by atoms with Crippen molar-refractivity contribution in [2.75, 3.05) is 10.5 Å². The average molecular weight is 329 g/mol. The van der Waals surface area contributed by atoms with E-state index in [4.69, 9.17) is 17.3 Å². The fourth-order valence-corrected chi connectivity index (χ4v) is 3.27. The Morgan fingerprint density at radius 2 is 1.90 bits per heavy atom.